The molecule has 1 saturated heterocycles. The first kappa shape index (κ1) is 18.7. The Bertz CT molecular complexity index is 1100. The summed E-state index contributed by atoms with van der Waals surface area (Å²) in [5.74, 6) is 1.51. The molecule has 0 N–H and O–H groups in total. The van der Waals surface area contributed by atoms with Gasteiger partial charge in [-0.2, -0.15) is 0 Å². The predicted molar refractivity (Wildman–Crippen MR) is 106 cm³/mol. The molecule has 1 aromatic carbocycles. The minimum atomic E-state index is -2.90. The van der Waals surface area contributed by atoms with E-state index >= 15 is 0 Å². The van der Waals surface area contributed by atoms with Crippen LogP contribution in [0.5, 0.6) is 0 Å². The minimum absolute atomic E-state index is 0.0625. The molecule has 1 aliphatic rings. The van der Waals surface area contributed by atoms with Crippen LogP contribution < -0.4 is 0 Å². The second-order valence-corrected chi connectivity index (χ2v) is 10.3. The van der Waals surface area contributed by atoms with Crippen molar-refractivity contribution in [3.63, 3.8) is 0 Å². The molecule has 1 atom stereocenters. The topological polar surface area (TPSA) is 86.0 Å². The molecule has 0 aliphatic carbocycles. The molecule has 9 heteroatoms. The van der Waals surface area contributed by atoms with E-state index in [1.807, 2.05) is 31.2 Å². The molecule has 6 nitrogen and oxygen atoms in total. The lowest BCUT2D eigenvalue weighted by molar-refractivity contribution is 0.389. The molecule has 2 aromatic heterocycles. The van der Waals surface area contributed by atoms with Gasteiger partial charge in [0.15, 0.2) is 9.84 Å². The van der Waals surface area contributed by atoms with Crippen LogP contribution in [0.1, 0.15) is 23.6 Å². The number of fused-ring (bicyclic) bond motifs is 1. The number of thioether (sulfide) groups is 1. The Balaban J connectivity index is 1.45. The number of hydrogen-bond acceptors (Lipinski definition) is 7. The first-order valence-corrected chi connectivity index (χ1v) is 11.8. The molecule has 3 heterocycles. The van der Waals surface area contributed by atoms with Gasteiger partial charge in [0.05, 0.1) is 27.7 Å². The third kappa shape index (κ3) is 4.12. The van der Waals surface area contributed by atoms with Crippen molar-refractivity contribution in [1.29, 1.82) is 0 Å². The number of para-hydroxylation sites is 1. The van der Waals surface area contributed by atoms with Crippen molar-refractivity contribution >= 4 is 44.1 Å². The summed E-state index contributed by atoms with van der Waals surface area (Å²) in [6.07, 6.45) is 1.16. The van der Waals surface area contributed by atoms with E-state index in [1.165, 1.54) is 11.8 Å². The number of benzene rings is 1. The van der Waals surface area contributed by atoms with Crippen LogP contribution in [0.2, 0.25) is 5.02 Å². The fraction of sp³-hybridized carbons (Fsp3) is 0.389. The van der Waals surface area contributed by atoms with E-state index in [2.05, 4.69) is 15.2 Å². The molecule has 0 bridgehead atoms. The molecule has 27 heavy (non-hydrogen) atoms. The fourth-order valence-corrected chi connectivity index (χ4v) is 6.18. The van der Waals surface area contributed by atoms with Crippen LogP contribution >= 0.6 is 23.4 Å². The third-order valence-corrected chi connectivity index (χ3v) is 7.89. The second kappa shape index (κ2) is 7.41. The molecule has 0 spiro atoms. The highest BCUT2D eigenvalue weighted by Crippen LogP contribution is 2.31. The molecule has 0 unspecified atom stereocenters. The Labute approximate surface area is 166 Å². The summed E-state index contributed by atoms with van der Waals surface area (Å²) in [7, 11) is -2.90. The first-order chi connectivity index (χ1) is 12.9. The van der Waals surface area contributed by atoms with Gasteiger partial charge < -0.3 is 4.42 Å². The van der Waals surface area contributed by atoms with Gasteiger partial charge in [-0.15, -0.1) is 10.2 Å². The van der Waals surface area contributed by atoms with Gasteiger partial charge in [-0.25, -0.2) is 8.42 Å². The van der Waals surface area contributed by atoms with Crippen molar-refractivity contribution in [2.75, 3.05) is 11.5 Å². The third-order valence-electron chi connectivity index (χ3n) is 4.72. The highest BCUT2D eigenvalue weighted by Gasteiger charge is 2.29. The molecule has 3 aromatic rings. The monoisotopic (exact) mass is 423 g/mol. The summed E-state index contributed by atoms with van der Waals surface area (Å²) in [5.41, 5.74) is 2.69. The number of pyridine rings is 1. The lowest BCUT2D eigenvalue weighted by atomic mass is 10.1. The number of aromatic nitrogens is 3. The summed E-state index contributed by atoms with van der Waals surface area (Å²) >= 11 is 7.86. The number of aryl methyl sites for hydroxylation is 1. The van der Waals surface area contributed by atoms with Gasteiger partial charge in [0.25, 0.3) is 5.22 Å². The van der Waals surface area contributed by atoms with E-state index in [1.54, 1.807) is 0 Å². The van der Waals surface area contributed by atoms with Gasteiger partial charge >= 0.3 is 0 Å². The summed E-state index contributed by atoms with van der Waals surface area (Å²) in [6, 6.07) is 7.89. The quantitative estimate of drug-likeness (QED) is 0.576. The van der Waals surface area contributed by atoms with Crippen LogP contribution in [-0.2, 0) is 22.0 Å². The van der Waals surface area contributed by atoms with Crippen LogP contribution in [0.4, 0.5) is 0 Å². The maximum atomic E-state index is 11.6. The second-order valence-electron chi connectivity index (χ2n) is 6.74. The largest absolute Gasteiger partial charge is 0.416 e. The van der Waals surface area contributed by atoms with Gasteiger partial charge in [-0.1, -0.05) is 41.6 Å². The Kier molecular flexibility index (Phi) is 5.13. The molecule has 1 aliphatic heterocycles. The van der Waals surface area contributed by atoms with Gasteiger partial charge in [-0.3, -0.25) is 4.98 Å². The smallest absolute Gasteiger partial charge is 0.276 e. The zero-order valence-electron chi connectivity index (χ0n) is 14.7. The zero-order valence-corrected chi connectivity index (χ0v) is 17.1. The highest BCUT2D eigenvalue weighted by molar-refractivity contribution is 7.98. The molecule has 0 saturated carbocycles. The molecule has 142 valence electrons. The van der Waals surface area contributed by atoms with Gasteiger partial charge in [-0.05, 0) is 30.9 Å². The van der Waals surface area contributed by atoms with Crippen molar-refractivity contribution in [2.24, 2.45) is 5.92 Å². The van der Waals surface area contributed by atoms with Crippen LogP contribution in [0.3, 0.4) is 0 Å². The minimum Gasteiger partial charge on any atom is -0.416 e. The van der Waals surface area contributed by atoms with Crippen LogP contribution in [0.25, 0.3) is 10.9 Å². The van der Waals surface area contributed by atoms with Crippen LogP contribution in [0.15, 0.2) is 33.9 Å². The normalized spacial score (nSPS) is 19.0. The lowest BCUT2D eigenvalue weighted by Gasteiger charge is -2.08. The van der Waals surface area contributed by atoms with Crippen molar-refractivity contribution in [2.45, 2.75) is 30.7 Å². The molecule has 4 rings (SSSR count). The van der Waals surface area contributed by atoms with E-state index in [9.17, 15) is 8.42 Å². The van der Waals surface area contributed by atoms with Gasteiger partial charge in [0.2, 0.25) is 5.89 Å². The Morgan fingerprint density at radius 1 is 1.30 bits per heavy atom. The zero-order chi connectivity index (χ0) is 19.0. The molecule has 0 amide bonds. The summed E-state index contributed by atoms with van der Waals surface area (Å²) in [4.78, 5) is 4.65. The van der Waals surface area contributed by atoms with E-state index in [0.717, 1.165) is 22.2 Å². The van der Waals surface area contributed by atoms with Crippen molar-refractivity contribution < 1.29 is 12.8 Å². The van der Waals surface area contributed by atoms with Crippen molar-refractivity contribution in [3.8, 4) is 0 Å². The van der Waals surface area contributed by atoms with E-state index in [0.29, 0.717) is 34.7 Å². The fourth-order valence-electron chi connectivity index (χ4n) is 3.30. The van der Waals surface area contributed by atoms with E-state index in [-0.39, 0.29) is 17.4 Å². The number of nitrogens with zero attached hydrogens (tertiary/aromatic N) is 3. The van der Waals surface area contributed by atoms with Crippen molar-refractivity contribution in [1.82, 2.24) is 15.2 Å². The standard InChI is InChI=1S/C18H18ClN3O3S2/c1-11-13-4-2-3-5-14(13)20-15(17(11)19)9-26-18-22-21-16(25-18)8-12-6-7-27(23,24)10-12/h2-5,12H,6-10H2,1H3/t12-/m1/s1. The summed E-state index contributed by atoms with van der Waals surface area (Å²) < 4.78 is 28.8. The molecular weight excluding hydrogens is 406 g/mol. The Morgan fingerprint density at radius 2 is 2.11 bits per heavy atom. The van der Waals surface area contributed by atoms with Crippen LogP contribution in [0, 0.1) is 12.8 Å². The van der Waals surface area contributed by atoms with Gasteiger partial charge in [0.1, 0.15) is 0 Å². The highest BCUT2D eigenvalue weighted by atomic mass is 35.5. The Hall–Kier alpha value is -1.64. The number of halogens is 1. The van der Waals surface area contributed by atoms with E-state index in [4.69, 9.17) is 16.0 Å². The SMILES string of the molecule is Cc1c(Cl)c(CSc2nnc(C[C@H]3CCS(=O)(=O)C3)o2)nc2ccccc12. The number of rotatable bonds is 5. The molecule has 1 fully saturated rings. The number of hydrogen-bond donors (Lipinski definition) is 0. The average Bonchev–Trinajstić information content (AvgIpc) is 3.23. The van der Waals surface area contributed by atoms with E-state index < -0.39 is 9.84 Å². The maximum absolute atomic E-state index is 11.6. The predicted octanol–water partition coefficient (Wildman–Crippen LogP) is 3.85. The first-order valence-electron chi connectivity index (χ1n) is 8.60. The molecular formula is C18H18ClN3O3S2. The van der Waals surface area contributed by atoms with Gasteiger partial charge in [0, 0.05) is 17.6 Å². The lowest BCUT2D eigenvalue weighted by Crippen LogP contribution is -2.07. The average molecular weight is 424 g/mol. The summed E-state index contributed by atoms with van der Waals surface area (Å²) in [5, 5.41) is 10.2. The maximum Gasteiger partial charge on any atom is 0.276 e. The molecule has 0 radical (unpaired) electrons. The Morgan fingerprint density at radius 3 is 2.89 bits per heavy atom. The van der Waals surface area contributed by atoms with Crippen LogP contribution in [-0.4, -0.2) is 35.1 Å². The summed E-state index contributed by atoms with van der Waals surface area (Å²) in [6.45, 7) is 1.99. The van der Waals surface area contributed by atoms with Crippen molar-refractivity contribution in [3.05, 3.63) is 46.4 Å². The number of sulfone groups is 1.